The fourth-order valence-electron chi connectivity index (χ4n) is 1.60. The first-order valence-corrected chi connectivity index (χ1v) is 6.36. The molecular formula is C10H9F3N2O2S. The van der Waals surface area contributed by atoms with Gasteiger partial charge in [0.2, 0.25) is 10.0 Å². The number of alkyl halides is 3. The zero-order valence-corrected chi connectivity index (χ0v) is 9.98. The third-order valence-electron chi connectivity index (χ3n) is 2.53. The highest BCUT2D eigenvalue weighted by Crippen LogP contribution is 2.33. The van der Waals surface area contributed by atoms with Gasteiger partial charge >= 0.3 is 6.18 Å². The van der Waals surface area contributed by atoms with Crippen LogP contribution in [0.15, 0.2) is 29.3 Å². The van der Waals surface area contributed by atoms with Crippen molar-refractivity contribution in [3.05, 3.63) is 30.0 Å². The van der Waals surface area contributed by atoms with E-state index < -0.39 is 21.8 Å². The molecule has 0 saturated carbocycles. The van der Waals surface area contributed by atoms with Gasteiger partial charge in [-0.2, -0.15) is 13.2 Å². The molecule has 0 fully saturated rings. The van der Waals surface area contributed by atoms with Gasteiger partial charge in [0, 0.05) is 17.1 Å². The Morgan fingerprint density at radius 1 is 1.28 bits per heavy atom. The summed E-state index contributed by atoms with van der Waals surface area (Å²) in [6.07, 6.45) is -3.34. The van der Waals surface area contributed by atoms with E-state index in [-0.39, 0.29) is 10.3 Å². The maximum Gasteiger partial charge on any atom is 0.416 e. The van der Waals surface area contributed by atoms with E-state index in [1.54, 1.807) is 0 Å². The molecular weight excluding hydrogens is 269 g/mol. The van der Waals surface area contributed by atoms with Crippen molar-refractivity contribution >= 4 is 20.9 Å². The predicted octanol–water partition coefficient (Wildman–Crippen LogP) is 2.09. The van der Waals surface area contributed by atoms with Gasteiger partial charge in [0.25, 0.3) is 0 Å². The lowest BCUT2D eigenvalue weighted by Gasteiger charge is -2.07. The van der Waals surface area contributed by atoms with Crippen molar-refractivity contribution in [2.45, 2.75) is 11.1 Å². The number of halogens is 3. The number of benzene rings is 1. The minimum Gasteiger partial charge on any atom is -0.360 e. The van der Waals surface area contributed by atoms with Gasteiger partial charge < -0.3 is 4.98 Å². The molecule has 1 aromatic carbocycles. The number of rotatable bonds is 2. The summed E-state index contributed by atoms with van der Waals surface area (Å²) in [6, 6.07) is 2.91. The summed E-state index contributed by atoms with van der Waals surface area (Å²) in [6.45, 7) is 0. The van der Waals surface area contributed by atoms with Crippen LogP contribution in [0.3, 0.4) is 0 Å². The minimum absolute atomic E-state index is 0.0131. The highest BCUT2D eigenvalue weighted by Gasteiger charge is 2.31. The van der Waals surface area contributed by atoms with Crippen LogP contribution in [0, 0.1) is 0 Å². The zero-order valence-electron chi connectivity index (χ0n) is 9.17. The lowest BCUT2D eigenvalue weighted by Crippen LogP contribution is -2.18. The summed E-state index contributed by atoms with van der Waals surface area (Å²) >= 11 is 0. The molecule has 2 rings (SSSR count). The predicted molar refractivity (Wildman–Crippen MR) is 59.5 cm³/mol. The van der Waals surface area contributed by atoms with Gasteiger partial charge in [-0.25, -0.2) is 13.1 Å². The first-order valence-electron chi connectivity index (χ1n) is 4.87. The molecule has 0 radical (unpaired) electrons. The molecule has 2 aromatic rings. The van der Waals surface area contributed by atoms with E-state index in [2.05, 4.69) is 9.71 Å². The van der Waals surface area contributed by atoms with Gasteiger partial charge in [0.1, 0.15) is 4.90 Å². The van der Waals surface area contributed by atoms with Crippen LogP contribution in [-0.4, -0.2) is 20.4 Å². The summed E-state index contributed by atoms with van der Waals surface area (Å²) in [5, 5.41) is 0.0131. The summed E-state index contributed by atoms with van der Waals surface area (Å²) in [7, 11) is -2.60. The van der Waals surface area contributed by atoms with Crippen LogP contribution in [0.25, 0.3) is 10.9 Å². The van der Waals surface area contributed by atoms with E-state index in [0.29, 0.717) is 5.52 Å². The van der Waals surface area contributed by atoms with Gasteiger partial charge in [0.15, 0.2) is 0 Å². The standard InChI is InChI=1S/C10H9F3N2O2S/c1-14-18(16,17)9-5-15-8-3-2-6(4-7(8)9)10(11,12)13/h2-5,14-15H,1H3. The van der Waals surface area contributed by atoms with Crippen LogP contribution >= 0.6 is 0 Å². The van der Waals surface area contributed by atoms with E-state index in [0.717, 1.165) is 18.3 Å². The number of H-pyrrole nitrogens is 1. The first kappa shape index (κ1) is 12.9. The molecule has 0 spiro atoms. The lowest BCUT2D eigenvalue weighted by molar-refractivity contribution is -0.137. The maximum atomic E-state index is 12.6. The number of hydrogen-bond donors (Lipinski definition) is 2. The summed E-state index contributed by atoms with van der Waals surface area (Å²) < 4.78 is 63.0. The van der Waals surface area contributed by atoms with Crippen molar-refractivity contribution in [1.29, 1.82) is 0 Å². The number of aromatic amines is 1. The average Bonchev–Trinajstić information content (AvgIpc) is 2.71. The number of fused-ring (bicyclic) bond motifs is 1. The Labute approximate surface area is 101 Å². The second-order valence-electron chi connectivity index (χ2n) is 3.62. The molecule has 4 nitrogen and oxygen atoms in total. The topological polar surface area (TPSA) is 62.0 Å². The molecule has 0 amide bonds. The van der Waals surface area contributed by atoms with E-state index >= 15 is 0 Å². The Hall–Kier alpha value is -1.54. The zero-order chi connectivity index (χ0) is 13.6. The van der Waals surface area contributed by atoms with Crippen LogP contribution in [0.4, 0.5) is 13.2 Å². The van der Waals surface area contributed by atoms with Crippen LogP contribution in [0.1, 0.15) is 5.56 Å². The Morgan fingerprint density at radius 3 is 2.50 bits per heavy atom. The summed E-state index contributed by atoms with van der Waals surface area (Å²) in [5.74, 6) is 0. The molecule has 98 valence electrons. The van der Waals surface area contributed by atoms with Gasteiger partial charge in [0.05, 0.1) is 5.56 Å². The number of hydrogen-bond acceptors (Lipinski definition) is 2. The largest absolute Gasteiger partial charge is 0.416 e. The molecule has 0 saturated heterocycles. The molecule has 0 aliphatic heterocycles. The van der Waals surface area contributed by atoms with Gasteiger partial charge in [-0.3, -0.25) is 0 Å². The lowest BCUT2D eigenvalue weighted by atomic mass is 10.1. The Balaban J connectivity index is 2.72. The van der Waals surface area contributed by atoms with Crippen LogP contribution in [0.5, 0.6) is 0 Å². The van der Waals surface area contributed by atoms with Crippen molar-refractivity contribution in [2.75, 3.05) is 7.05 Å². The van der Waals surface area contributed by atoms with Crippen LogP contribution in [-0.2, 0) is 16.2 Å². The normalized spacial score (nSPS) is 13.1. The summed E-state index contributed by atoms with van der Waals surface area (Å²) in [4.78, 5) is 2.42. The van der Waals surface area contributed by atoms with Crippen molar-refractivity contribution < 1.29 is 21.6 Å². The molecule has 0 atom stereocenters. The van der Waals surface area contributed by atoms with Gasteiger partial charge in [-0.1, -0.05) is 0 Å². The van der Waals surface area contributed by atoms with Crippen molar-refractivity contribution in [3.8, 4) is 0 Å². The van der Waals surface area contributed by atoms with Gasteiger partial charge in [-0.15, -0.1) is 0 Å². The molecule has 0 unspecified atom stereocenters. The quantitative estimate of drug-likeness (QED) is 0.883. The molecule has 0 aliphatic carbocycles. The molecule has 1 aromatic heterocycles. The minimum atomic E-state index is -4.51. The average molecular weight is 278 g/mol. The van der Waals surface area contributed by atoms with Crippen molar-refractivity contribution in [3.63, 3.8) is 0 Å². The van der Waals surface area contributed by atoms with E-state index in [4.69, 9.17) is 0 Å². The Bertz CT molecular complexity index is 689. The van der Waals surface area contributed by atoms with Crippen LogP contribution in [0.2, 0.25) is 0 Å². The van der Waals surface area contributed by atoms with E-state index in [1.165, 1.54) is 13.1 Å². The van der Waals surface area contributed by atoms with Crippen LogP contribution < -0.4 is 4.72 Å². The molecule has 18 heavy (non-hydrogen) atoms. The molecule has 2 N–H and O–H groups in total. The van der Waals surface area contributed by atoms with Crippen molar-refractivity contribution in [2.24, 2.45) is 0 Å². The van der Waals surface area contributed by atoms with E-state index in [9.17, 15) is 21.6 Å². The Kier molecular flexibility index (Phi) is 2.86. The smallest absolute Gasteiger partial charge is 0.360 e. The molecule has 0 aliphatic rings. The number of nitrogens with one attached hydrogen (secondary N) is 2. The van der Waals surface area contributed by atoms with E-state index in [1.807, 2.05) is 0 Å². The monoisotopic (exact) mass is 278 g/mol. The Morgan fingerprint density at radius 2 is 1.94 bits per heavy atom. The van der Waals surface area contributed by atoms with Gasteiger partial charge in [-0.05, 0) is 25.2 Å². The highest BCUT2D eigenvalue weighted by atomic mass is 32.2. The molecule has 0 bridgehead atoms. The second-order valence-corrected chi connectivity index (χ2v) is 5.47. The third-order valence-corrected chi connectivity index (χ3v) is 3.98. The number of sulfonamides is 1. The molecule has 8 heteroatoms. The maximum absolute atomic E-state index is 12.6. The fraction of sp³-hybridized carbons (Fsp3) is 0.200. The molecule has 1 heterocycles. The second kappa shape index (κ2) is 3.99. The SMILES string of the molecule is CNS(=O)(=O)c1c[nH]c2ccc(C(F)(F)F)cc12. The first-order chi connectivity index (χ1) is 8.25. The fourth-order valence-corrected chi connectivity index (χ4v) is 2.50. The third kappa shape index (κ3) is 2.08. The summed E-state index contributed by atoms with van der Waals surface area (Å²) in [5.41, 5.74) is -0.557. The van der Waals surface area contributed by atoms with Crippen molar-refractivity contribution in [1.82, 2.24) is 9.71 Å². The number of aromatic nitrogens is 1. The highest BCUT2D eigenvalue weighted by molar-refractivity contribution is 7.89.